The van der Waals surface area contributed by atoms with E-state index in [1.54, 1.807) is 0 Å². The van der Waals surface area contributed by atoms with Crippen LogP contribution < -0.4 is 0 Å². The van der Waals surface area contributed by atoms with Gasteiger partial charge in [-0.15, -0.1) is 0 Å². The minimum Gasteiger partial charge on any atom is -0.380 e. The number of carbonyl (C=O) groups is 2. The highest BCUT2D eigenvalue weighted by Gasteiger charge is 2.35. The van der Waals surface area contributed by atoms with E-state index in [1.165, 1.54) is 0 Å². The number of benzene rings is 1. The van der Waals surface area contributed by atoms with Crippen molar-refractivity contribution in [2.45, 2.75) is 12.6 Å². The zero-order valence-corrected chi connectivity index (χ0v) is 10.2. The molecule has 0 aromatic heterocycles. The lowest BCUT2D eigenvalue weighted by atomic mass is 9.90. The van der Waals surface area contributed by atoms with E-state index in [0.717, 1.165) is 0 Å². The quantitative estimate of drug-likeness (QED) is 0.478. The molecule has 0 amide bonds. The average Bonchev–Trinajstić information content (AvgIpc) is 2.37. The summed E-state index contributed by atoms with van der Waals surface area (Å²) in [6, 6.07) is 1.55. The van der Waals surface area contributed by atoms with Crippen LogP contribution in [0.25, 0.3) is 0 Å². The maximum absolute atomic E-state index is 13.5. The number of Topliss-reactive ketones (excluding diaryl/α,β-unsaturated/α-hetero) is 2. The van der Waals surface area contributed by atoms with E-state index in [9.17, 15) is 27.2 Å². The monoisotopic (exact) mass is 290 g/mol. The van der Waals surface area contributed by atoms with Crippen molar-refractivity contribution in [2.75, 3.05) is 13.2 Å². The predicted molar refractivity (Wildman–Crippen MR) is 59.7 cm³/mol. The van der Waals surface area contributed by atoms with E-state index >= 15 is 0 Å². The summed E-state index contributed by atoms with van der Waals surface area (Å²) in [4.78, 5) is 23.6. The molecule has 0 aliphatic carbocycles. The third-order valence-electron chi connectivity index (χ3n) is 3.04. The first-order valence-corrected chi connectivity index (χ1v) is 5.82. The van der Waals surface area contributed by atoms with Gasteiger partial charge >= 0.3 is 6.18 Å². The van der Waals surface area contributed by atoms with Crippen LogP contribution in [-0.2, 0) is 15.7 Å². The number of halogens is 4. The molecule has 20 heavy (non-hydrogen) atoms. The molecule has 7 heteroatoms. The summed E-state index contributed by atoms with van der Waals surface area (Å²) in [5.41, 5.74) is -1.87. The summed E-state index contributed by atoms with van der Waals surface area (Å²) in [5, 5.41) is 0. The molecule has 0 bridgehead atoms. The van der Waals surface area contributed by atoms with Gasteiger partial charge in [0.25, 0.3) is 0 Å². The lowest BCUT2D eigenvalue weighted by molar-refractivity contribution is -0.137. The van der Waals surface area contributed by atoms with Gasteiger partial charge in [-0.3, -0.25) is 9.59 Å². The van der Waals surface area contributed by atoms with E-state index in [1.807, 2.05) is 0 Å². The number of rotatable bonds is 2. The Morgan fingerprint density at radius 3 is 2.60 bits per heavy atom. The van der Waals surface area contributed by atoms with Crippen molar-refractivity contribution in [1.29, 1.82) is 0 Å². The molecule has 1 aliphatic heterocycles. The summed E-state index contributed by atoms with van der Waals surface area (Å²) in [6.07, 6.45) is -4.69. The van der Waals surface area contributed by atoms with Crippen molar-refractivity contribution in [3.05, 3.63) is 35.1 Å². The molecular weight excluding hydrogens is 280 g/mol. The summed E-state index contributed by atoms with van der Waals surface area (Å²) in [5.74, 6) is -3.74. The minimum absolute atomic E-state index is 0.00299. The molecule has 3 nitrogen and oxygen atoms in total. The maximum Gasteiger partial charge on any atom is 0.416 e. The number of alkyl halides is 3. The smallest absolute Gasteiger partial charge is 0.380 e. The molecule has 2 rings (SSSR count). The van der Waals surface area contributed by atoms with Gasteiger partial charge in [0.2, 0.25) is 0 Å². The standard InChI is InChI=1S/C13H10F4O3/c14-10-2-1-7(13(15,16)17)5-8(10)12(19)9-6-20-4-3-11(9)18/h1-2,5,9H,3-4,6H2. The van der Waals surface area contributed by atoms with Crippen LogP contribution in [0.5, 0.6) is 0 Å². The van der Waals surface area contributed by atoms with Crippen molar-refractivity contribution in [2.24, 2.45) is 5.92 Å². The van der Waals surface area contributed by atoms with Crippen molar-refractivity contribution in [3.8, 4) is 0 Å². The van der Waals surface area contributed by atoms with Crippen molar-refractivity contribution in [3.63, 3.8) is 0 Å². The average molecular weight is 290 g/mol. The Kier molecular flexibility index (Phi) is 3.89. The molecule has 1 aliphatic rings. The van der Waals surface area contributed by atoms with Gasteiger partial charge in [0.1, 0.15) is 17.5 Å². The lowest BCUT2D eigenvalue weighted by Gasteiger charge is -2.20. The number of carbonyl (C=O) groups excluding carboxylic acids is 2. The number of ketones is 2. The molecule has 0 radical (unpaired) electrons. The van der Waals surface area contributed by atoms with E-state index in [-0.39, 0.29) is 19.6 Å². The number of hydrogen-bond donors (Lipinski definition) is 0. The highest BCUT2D eigenvalue weighted by Crippen LogP contribution is 2.31. The molecule has 0 saturated carbocycles. The summed E-state index contributed by atoms with van der Waals surface area (Å²) in [6.45, 7) is -0.0684. The van der Waals surface area contributed by atoms with Crippen molar-refractivity contribution in [1.82, 2.24) is 0 Å². The first-order valence-electron chi connectivity index (χ1n) is 5.82. The molecule has 1 aromatic rings. The van der Waals surface area contributed by atoms with E-state index in [4.69, 9.17) is 4.74 Å². The van der Waals surface area contributed by atoms with Gasteiger partial charge < -0.3 is 4.74 Å². The fraction of sp³-hybridized carbons (Fsp3) is 0.385. The molecule has 1 atom stereocenters. The van der Waals surface area contributed by atoms with Gasteiger partial charge in [-0.05, 0) is 18.2 Å². The fourth-order valence-corrected chi connectivity index (χ4v) is 1.94. The van der Waals surface area contributed by atoms with Crippen molar-refractivity contribution >= 4 is 11.6 Å². The topological polar surface area (TPSA) is 43.4 Å². The molecule has 1 unspecified atom stereocenters. The molecule has 1 heterocycles. The summed E-state index contributed by atoms with van der Waals surface area (Å²) < 4.78 is 56.2. The molecular formula is C13H10F4O3. The molecule has 1 aromatic carbocycles. The first-order chi connectivity index (χ1) is 9.30. The van der Waals surface area contributed by atoms with Crippen LogP contribution in [0.3, 0.4) is 0 Å². The van der Waals surface area contributed by atoms with E-state index in [2.05, 4.69) is 0 Å². The third-order valence-corrected chi connectivity index (χ3v) is 3.04. The molecule has 0 spiro atoms. The van der Waals surface area contributed by atoms with Crippen LogP contribution in [0.1, 0.15) is 22.3 Å². The van der Waals surface area contributed by atoms with Crippen molar-refractivity contribution < 1.29 is 31.9 Å². The Labute approximate surface area is 111 Å². The van der Waals surface area contributed by atoms with Crippen LogP contribution in [0, 0.1) is 11.7 Å². The van der Waals surface area contributed by atoms with Gasteiger partial charge in [-0.25, -0.2) is 4.39 Å². The van der Waals surface area contributed by atoms with Gasteiger partial charge in [0, 0.05) is 6.42 Å². The summed E-state index contributed by atoms with van der Waals surface area (Å²) in [7, 11) is 0. The highest BCUT2D eigenvalue weighted by atomic mass is 19.4. The zero-order chi connectivity index (χ0) is 14.9. The van der Waals surface area contributed by atoms with Crippen LogP contribution in [0.4, 0.5) is 17.6 Å². The molecule has 0 N–H and O–H groups in total. The highest BCUT2D eigenvalue weighted by molar-refractivity contribution is 6.11. The Balaban J connectivity index is 2.36. The number of ether oxygens (including phenoxy) is 1. The Morgan fingerprint density at radius 2 is 2.00 bits per heavy atom. The van der Waals surface area contributed by atoms with Crippen LogP contribution in [-0.4, -0.2) is 24.8 Å². The normalized spacial score (nSPS) is 20.0. The van der Waals surface area contributed by atoms with Gasteiger partial charge in [-0.1, -0.05) is 0 Å². The van der Waals surface area contributed by atoms with Crippen LogP contribution in [0.2, 0.25) is 0 Å². The fourth-order valence-electron chi connectivity index (χ4n) is 1.94. The Hall–Kier alpha value is -1.76. The SMILES string of the molecule is O=C1CCOCC1C(=O)c1cc(C(F)(F)F)ccc1F. The number of hydrogen-bond acceptors (Lipinski definition) is 3. The summed E-state index contributed by atoms with van der Waals surface area (Å²) >= 11 is 0. The van der Waals surface area contributed by atoms with Gasteiger partial charge in [0.05, 0.1) is 24.3 Å². The molecule has 1 fully saturated rings. The van der Waals surface area contributed by atoms with E-state index in [0.29, 0.717) is 18.2 Å². The predicted octanol–water partition coefficient (Wildman–Crippen LogP) is 2.63. The van der Waals surface area contributed by atoms with Gasteiger partial charge in [-0.2, -0.15) is 13.2 Å². The minimum atomic E-state index is -4.68. The van der Waals surface area contributed by atoms with Crippen LogP contribution >= 0.6 is 0 Å². The maximum atomic E-state index is 13.5. The Morgan fingerprint density at radius 1 is 1.30 bits per heavy atom. The lowest BCUT2D eigenvalue weighted by Crippen LogP contribution is -2.34. The van der Waals surface area contributed by atoms with Gasteiger partial charge in [0.15, 0.2) is 5.78 Å². The molecule has 1 saturated heterocycles. The van der Waals surface area contributed by atoms with Crippen LogP contribution in [0.15, 0.2) is 18.2 Å². The second-order valence-electron chi connectivity index (χ2n) is 4.40. The third kappa shape index (κ3) is 2.87. The Bertz CT molecular complexity index is 551. The largest absolute Gasteiger partial charge is 0.416 e. The zero-order valence-electron chi connectivity index (χ0n) is 10.2. The second kappa shape index (κ2) is 5.32. The van der Waals surface area contributed by atoms with E-state index < -0.39 is 40.6 Å². The first kappa shape index (κ1) is 14.6. The second-order valence-corrected chi connectivity index (χ2v) is 4.40. The molecule has 108 valence electrons.